The Morgan fingerprint density at radius 1 is 1.20 bits per heavy atom. The van der Waals surface area contributed by atoms with Gasteiger partial charge in [-0.05, 0) is 56.5 Å². The lowest BCUT2D eigenvalue weighted by atomic mass is 9.78. The van der Waals surface area contributed by atoms with Crippen molar-refractivity contribution in [2.75, 3.05) is 6.54 Å². The standard InChI is InChI=1S/C19H25FN4S/c1-22-18(15-9-3-4-10-16(15)20)21-24(19(22)25)13-23-12-6-8-14-7-2-5-11-17(14)23/h3-4,9-10,14,17H,2,5-8,11-13H2,1H3/p+1/t14-,17+/m1/s1. The van der Waals surface area contributed by atoms with Crippen LogP contribution in [-0.2, 0) is 13.7 Å². The lowest BCUT2D eigenvalue weighted by molar-refractivity contribution is -0.958. The Morgan fingerprint density at radius 2 is 1.96 bits per heavy atom. The van der Waals surface area contributed by atoms with Gasteiger partial charge in [0.25, 0.3) is 0 Å². The molecule has 3 atom stereocenters. The Hall–Kier alpha value is -1.53. The minimum absolute atomic E-state index is 0.254. The van der Waals surface area contributed by atoms with Crippen molar-refractivity contribution in [3.05, 3.63) is 34.9 Å². The lowest BCUT2D eigenvalue weighted by Gasteiger charge is -2.40. The number of nitrogens with zero attached hydrogens (tertiary/aromatic N) is 3. The maximum atomic E-state index is 14.2. The molecule has 134 valence electrons. The van der Waals surface area contributed by atoms with Crippen molar-refractivity contribution in [1.82, 2.24) is 14.3 Å². The number of nitrogens with one attached hydrogen (secondary N) is 1. The molecule has 1 N–H and O–H groups in total. The van der Waals surface area contributed by atoms with Crippen LogP contribution in [0.3, 0.4) is 0 Å². The van der Waals surface area contributed by atoms with E-state index in [2.05, 4.69) is 5.10 Å². The van der Waals surface area contributed by atoms with Crippen LogP contribution in [0.15, 0.2) is 24.3 Å². The Labute approximate surface area is 153 Å². The van der Waals surface area contributed by atoms with Gasteiger partial charge in [0, 0.05) is 13.0 Å². The molecule has 1 aliphatic heterocycles. The second-order valence-corrected chi connectivity index (χ2v) is 7.87. The summed E-state index contributed by atoms with van der Waals surface area (Å²) in [4.78, 5) is 1.60. The molecule has 0 spiro atoms. The average molecular weight is 362 g/mol. The fourth-order valence-electron chi connectivity index (χ4n) is 4.72. The van der Waals surface area contributed by atoms with Gasteiger partial charge in [-0.1, -0.05) is 18.6 Å². The zero-order valence-electron chi connectivity index (χ0n) is 14.7. The van der Waals surface area contributed by atoms with E-state index in [1.165, 1.54) is 51.1 Å². The largest absolute Gasteiger partial charge is 0.314 e. The molecule has 1 saturated carbocycles. The van der Waals surface area contributed by atoms with Crippen molar-refractivity contribution in [3.8, 4) is 11.4 Å². The van der Waals surface area contributed by atoms with Crippen molar-refractivity contribution in [1.29, 1.82) is 0 Å². The van der Waals surface area contributed by atoms with Gasteiger partial charge in [-0.15, -0.1) is 5.10 Å². The second kappa shape index (κ2) is 7.00. The zero-order valence-corrected chi connectivity index (χ0v) is 15.6. The van der Waals surface area contributed by atoms with Crippen LogP contribution in [0, 0.1) is 16.5 Å². The molecule has 25 heavy (non-hydrogen) atoms. The molecule has 2 aliphatic rings. The molecule has 0 radical (unpaired) electrons. The summed E-state index contributed by atoms with van der Waals surface area (Å²) < 4.78 is 18.6. The van der Waals surface area contributed by atoms with Gasteiger partial charge in [-0.3, -0.25) is 0 Å². The number of hydrogen-bond acceptors (Lipinski definition) is 2. The molecule has 0 bridgehead atoms. The minimum Gasteiger partial charge on any atom is -0.314 e. The number of fused-ring (bicyclic) bond motifs is 1. The molecular weight excluding hydrogens is 335 g/mol. The molecule has 1 aromatic heterocycles. The molecule has 1 aliphatic carbocycles. The first-order chi connectivity index (χ1) is 12.1. The predicted molar refractivity (Wildman–Crippen MR) is 98.2 cm³/mol. The van der Waals surface area contributed by atoms with Crippen molar-refractivity contribution in [2.45, 2.75) is 51.2 Å². The predicted octanol–water partition coefficient (Wildman–Crippen LogP) is 2.95. The Morgan fingerprint density at radius 3 is 2.80 bits per heavy atom. The average Bonchev–Trinajstić information content (AvgIpc) is 2.91. The molecule has 1 unspecified atom stereocenters. The van der Waals surface area contributed by atoms with Crippen molar-refractivity contribution in [2.24, 2.45) is 13.0 Å². The van der Waals surface area contributed by atoms with Gasteiger partial charge in [0.05, 0.1) is 18.2 Å². The topological polar surface area (TPSA) is 27.2 Å². The number of piperidine rings is 1. The smallest absolute Gasteiger partial charge is 0.202 e. The first-order valence-electron chi connectivity index (χ1n) is 9.38. The van der Waals surface area contributed by atoms with E-state index >= 15 is 0 Å². The second-order valence-electron chi connectivity index (χ2n) is 7.50. The quantitative estimate of drug-likeness (QED) is 0.851. The molecule has 1 aromatic carbocycles. The Balaban J connectivity index is 1.62. The van der Waals surface area contributed by atoms with Gasteiger partial charge < -0.3 is 9.47 Å². The number of hydrogen-bond donors (Lipinski definition) is 1. The molecular formula is C19H26FN4S+. The molecule has 2 heterocycles. The van der Waals surface area contributed by atoms with Gasteiger partial charge in [0.1, 0.15) is 5.82 Å². The first-order valence-corrected chi connectivity index (χ1v) is 9.79. The van der Waals surface area contributed by atoms with E-state index in [1.54, 1.807) is 17.0 Å². The van der Waals surface area contributed by atoms with E-state index < -0.39 is 0 Å². The van der Waals surface area contributed by atoms with Gasteiger partial charge in [0.15, 0.2) is 12.5 Å². The number of benzene rings is 1. The van der Waals surface area contributed by atoms with Crippen LogP contribution in [0.5, 0.6) is 0 Å². The summed E-state index contributed by atoms with van der Waals surface area (Å²) in [6.07, 6.45) is 8.09. The number of likely N-dealkylation sites (tertiary alicyclic amines) is 1. The fraction of sp³-hybridized carbons (Fsp3) is 0.579. The third kappa shape index (κ3) is 3.17. The van der Waals surface area contributed by atoms with Crippen LogP contribution in [0.4, 0.5) is 4.39 Å². The van der Waals surface area contributed by atoms with Crippen LogP contribution < -0.4 is 4.90 Å². The zero-order chi connectivity index (χ0) is 17.4. The third-order valence-electron chi connectivity index (χ3n) is 6.01. The third-order valence-corrected chi connectivity index (χ3v) is 6.50. The van der Waals surface area contributed by atoms with E-state index in [9.17, 15) is 4.39 Å². The summed E-state index contributed by atoms with van der Waals surface area (Å²) in [6, 6.07) is 7.51. The highest BCUT2D eigenvalue weighted by molar-refractivity contribution is 7.71. The molecule has 6 heteroatoms. The van der Waals surface area contributed by atoms with Crippen LogP contribution >= 0.6 is 12.2 Å². The SMILES string of the molecule is Cn1c(-c2ccccc2F)nn(C[NH+]2CCC[C@H]3CCCC[C@@H]32)c1=S. The molecule has 4 nitrogen and oxygen atoms in total. The highest BCUT2D eigenvalue weighted by atomic mass is 32.1. The summed E-state index contributed by atoms with van der Waals surface area (Å²) >= 11 is 5.60. The summed E-state index contributed by atoms with van der Waals surface area (Å²) in [5, 5.41) is 4.69. The van der Waals surface area contributed by atoms with Crippen LogP contribution in [0.1, 0.15) is 38.5 Å². The number of quaternary nitrogens is 1. The van der Waals surface area contributed by atoms with Gasteiger partial charge in [0.2, 0.25) is 4.77 Å². The summed E-state index contributed by atoms with van der Waals surface area (Å²) in [5.74, 6) is 1.22. The van der Waals surface area contributed by atoms with Crippen molar-refractivity contribution in [3.63, 3.8) is 0 Å². The fourth-order valence-corrected chi connectivity index (χ4v) is 4.92. The van der Waals surface area contributed by atoms with E-state index in [1.807, 2.05) is 22.4 Å². The van der Waals surface area contributed by atoms with Crippen molar-refractivity contribution < 1.29 is 9.29 Å². The number of halogens is 1. The Kier molecular flexibility index (Phi) is 4.73. The summed E-state index contributed by atoms with van der Waals surface area (Å²) in [7, 11) is 1.88. The maximum Gasteiger partial charge on any atom is 0.202 e. The van der Waals surface area contributed by atoms with E-state index in [0.29, 0.717) is 16.2 Å². The van der Waals surface area contributed by atoms with Crippen LogP contribution in [0.25, 0.3) is 11.4 Å². The highest BCUT2D eigenvalue weighted by Gasteiger charge is 2.36. The van der Waals surface area contributed by atoms with Gasteiger partial charge in [-0.25, -0.2) is 4.39 Å². The molecule has 2 aromatic rings. The normalized spacial score (nSPS) is 26.4. The molecule has 1 saturated heterocycles. The van der Waals surface area contributed by atoms with E-state index in [0.717, 1.165) is 18.6 Å². The number of aromatic nitrogens is 3. The van der Waals surface area contributed by atoms with Crippen LogP contribution in [0.2, 0.25) is 0 Å². The Bertz CT molecular complexity index is 810. The maximum absolute atomic E-state index is 14.2. The van der Waals surface area contributed by atoms with E-state index in [4.69, 9.17) is 12.2 Å². The first kappa shape index (κ1) is 16.9. The highest BCUT2D eigenvalue weighted by Crippen LogP contribution is 2.28. The van der Waals surface area contributed by atoms with Crippen molar-refractivity contribution >= 4 is 12.2 Å². The molecule has 0 amide bonds. The summed E-state index contributed by atoms with van der Waals surface area (Å²) in [5.41, 5.74) is 0.513. The summed E-state index contributed by atoms with van der Waals surface area (Å²) in [6.45, 7) is 1.98. The minimum atomic E-state index is -0.254. The lowest BCUT2D eigenvalue weighted by Crippen LogP contribution is -3.17. The monoisotopic (exact) mass is 361 g/mol. The van der Waals surface area contributed by atoms with Gasteiger partial charge >= 0.3 is 0 Å². The van der Waals surface area contributed by atoms with Crippen LogP contribution in [-0.4, -0.2) is 26.9 Å². The van der Waals surface area contributed by atoms with Gasteiger partial charge in [-0.2, -0.15) is 4.68 Å². The molecule has 2 fully saturated rings. The number of rotatable bonds is 3. The van der Waals surface area contributed by atoms with E-state index in [-0.39, 0.29) is 5.82 Å². The molecule has 4 rings (SSSR count).